The first-order chi connectivity index (χ1) is 8.65. The molecule has 3 heteroatoms. The minimum absolute atomic E-state index is 0.515. The lowest BCUT2D eigenvalue weighted by molar-refractivity contribution is 0.190. The predicted molar refractivity (Wildman–Crippen MR) is 78.9 cm³/mol. The van der Waals surface area contributed by atoms with Crippen LogP contribution in [-0.4, -0.2) is 11.7 Å². The van der Waals surface area contributed by atoms with Crippen molar-refractivity contribution in [1.29, 1.82) is 0 Å². The average molecular weight is 313 g/mol. The maximum Gasteiger partial charge on any atom is 0.125 e. The van der Waals surface area contributed by atoms with Gasteiger partial charge in [0.2, 0.25) is 0 Å². The van der Waals surface area contributed by atoms with E-state index in [0.29, 0.717) is 6.61 Å². The number of benzene rings is 1. The number of aliphatic hydroxyl groups is 1. The Bertz CT molecular complexity index is 375. The van der Waals surface area contributed by atoms with Gasteiger partial charge in [-0.2, -0.15) is 0 Å². The summed E-state index contributed by atoms with van der Waals surface area (Å²) in [5.74, 6) is 0.775. The van der Waals surface area contributed by atoms with Crippen LogP contribution in [0.2, 0.25) is 0 Å². The summed E-state index contributed by atoms with van der Waals surface area (Å²) < 4.78 is 6.68. The summed E-state index contributed by atoms with van der Waals surface area (Å²) in [6, 6.07) is 5.73. The molecule has 0 radical (unpaired) electrons. The number of allylic oxidation sites excluding steroid dienone is 1. The molecule has 0 spiro atoms. The zero-order valence-electron chi connectivity index (χ0n) is 10.9. The van der Waals surface area contributed by atoms with Gasteiger partial charge in [0.05, 0.1) is 12.7 Å². The number of unbranched alkanes of at least 4 members (excludes halogenated alkanes) is 3. The lowest BCUT2D eigenvalue weighted by atomic mass is 10.1. The number of rotatable bonds is 8. The van der Waals surface area contributed by atoms with Crippen LogP contribution in [0.3, 0.4) is 0 Å². The molecule has 0 aliphatic carbocycles. The standard InChI is InChI=1S/C15H21BrO2/c1-3-4-5-6-7-10-18-15-9-8-13(16)11-14(15)12(2)17/h3,8-9,11-12,17H,1,4-7,10H2,2H3/t12-/m0/s1. The highest BCUT2D eigenvalue weighted by atomic mass is 79.9. The normalized spacial score (nSPS) is 12.2. The zero-order chi connectivity index (χ0) is 13.4. The Labute approximate surface area is 118 Å². The van der Waals surface area contributed by atoms with E-state index in [1.54, 1.807) is 6.92 Å². The fourth-order valence-corrected chi connectivity index (χ4v) is 2.11. The van der Waals surface area contributed by atoms with Crippen molar-refractivity contribution in [3.63, 3.8) is 0 Å². The molecule has 18 heavy (non-hydrogen) atoms. The summed E-state index contributed by atoms with van der Waals surface area (Å²) in [6.45, 7) is 6.14. The minimum atomic E-state index is -0.515. The second-order valence-electron chi connectivity index (χ2n) is 4.34. The third-order valence-electron chi connectivity index (χ3n) is 2.73. The number of halogens is 1. The molecule has 1 rings (SSSR count). The van der Waals surface area contributed by atoms with Gasteiger partial charge in [-0.05, 0) is 50.8 Å². The van der Waals surface area contributed by atoms with Gasteiger partial charge >= 0.3 is 0 Å². The summed E-state index contributed by atoms with van der Waals surface area (Å²) in [5, 5.41) is 9.69. The van der Waals surface area contributed by atoms with Gasteiger partial charge in [-0.15, -0.1) is 6.58 Å². The third kappa shape index (κ3) is 5.23. The summed E-state index contributed by atoms with van der Waals surface area (Å²) in [6.07, 6.45) is 5.84. The highest BCUT2D eigenvalue weighted by molar-refractivity contribution is 9.10. The van der Waals surface area contributed by atoms with E-state index in [0.717, 1.165) is 41.5 Å². The van der Waals surface area contributed by atoms with Gasteiger partial charge in [0.25, 0.3) is 0 Å². The molecule has 0 bridgehead atoms. The van der Waals surface area contributed by atoms with Crippen molar-refractivity contribution in [2.75, 3.05) is 6.61 Å². The molecule has 1 N–H and O–H groups in total. The van der Waals surface area contributed by atoms with Crippen LogP contribution in [0.25, 0.3) is 0 Å². The lowest BCUT2D eigenvalue weighted by Gasteiger charge is -2.13. The third-order valence-corrected chi connectivity index (χ3v) is 3.23. The minimum Gasteiger partial charge on any atom is -0.493 e. The Balaban J connectivity index is 2.44. The molecule has 0 aliphatic rings. The Morgan fingerprint density at radius 1 is 1.39 bits per heavy atom. The highest BCUT2D eigenvalue weighted by Crippen LogP contribution is 2.28. The maximum absolute atomic E-state index is 9.69. The van der Waals surface area contributed by atoms with Gasteiger partial charge in [-0.25, -0.2) is 0 Å². The second kappa shape index (κ2) is 8.33. The summed E-state index contributed by atoms with van der Waals surface area (Å²) >= 11 is 3.40. The fourth-order valence-electron chi connectivity index (χ4n) is 1.73. The van der Waals surface area contributed by atoms with Gasteiger partial charge in [0.1, 0.15) is 5.75 Å². The molecular formula is C15H21BrO2. The van der Waals surface area contributed by atoms with Crippen LogP contribution >= 0.6 is 15.9 Å². The van der Waals surface area contributed by atoms with Crippen molar-refractivity contribution in [3.05, 3.63) is 40.9 Å². The van der Waals surface area contributed by atoms with Crippen molar-refractivity contribution in [2.45, 2.75) is 38.7 Å². The van der Waals surface area contributed by atoms with Crippen LogP contribution in [-0.2, 0) is 0 Å². The molecule has 1 aromatic rings. The van der Waals surface area contributed by atoms with Crippen molar-refractivity contribution in [2.24, 2.45) is 0 Å². The average Bonchev–Trinajstić information content (AvgIpc) is 2.35. The highest BCUT2D eigenvalue weighted by Gasteiger charge is 2.09. The molecule has 0 unspecified atom stereocenters. The molecule has 1 aromatic carbocycles. The molecule has 0 saturated heterocycles. The van der Waals surface area contributed by atoms with Gasteiger partial charge in [0, 0.05) is 10.0 Å². The van der Waals surface area contributed by atoms with E-state index in [9.17, 15) is 5.11 Å². The number of ether oxygens (including phenoxy) is 1. The SMILES string of the molecule is C=CCCCCCOc1ccc(Br)cc1[C@H](C)O. The first-order valence-electron chi connectivity index (χ1n) is 6.36. The largest absolute Gasteiger partial charge is 0.493 e. The first-order valence-corrected chi connectivity index (χ1v) is 7.15. The monoisotopic (exact) mass is 312 g/mol. The molecule has 100 valence electrons. The fraction of sp³-hybridized carbons (Fsp3) is 0.467. The topological polar surface area (TPSA) is 29.5 Å². The maximum atomic E-state index is 9.69. The van der Waals surface area contributed by atoms with Crippen molar-refractivity contribution < 1.29 is 9.84 Å². The first kappa shape index (κ1) is 15.3. The van der Waals surface area contributed by atoms with Gasteiger partial charge in [-0.3, -0.25) is 0 Å². The van der Waals surface area contributed by atoms with Crippen molar-refractivity contribution in [3.8, 4) is 5.75 Å². The summed E-state index contributed by atoms with van der Waals surface area (Å²) in [5.41, 5.74) is 0.829. The Morgan fingerprint density at radius 3 is 2.83 bits per heavy atom. The summed E-state index contributed by atoms with van der Waals surface area (Å²) in [4.78, 5) is 0. The summed E-state index contributed by atoms with van der Waals surface area (Å²) in [7, 11) is 0. The van der Waals surface area contributed by atoms with Gasteiger partial charge < -0.3 is 9.84 Å². The van der Waals surface area contributed by atoms with Gasteiger partial charge in [-0.1, -0.05) is 22.0 Å². The molecule has 0 fully saturated rings. The van der Waals surface area contributed by atoms with E-state index in [2.05, 4.69) is 22.5 Å². The van der Waals surface area contributed by atoms with Crippen molar-refractivity contribution in [1.82, 2.24) is 0 Å². The molecule has 2 nitrogen and oxygen atoms in total. The van der Waals surface area contributed by atoms with E-state index in [1.807, 2.05) is 24.3 Å². The quantitative estimate of drug-likeness (QED) is 0.560. The van der Waals surface area contributed by atoms with Crippen LogP contribution in [0.15, 0.2) is 35.3 Å². The molecule has 0 heterocycles. The molecule has 1 atom stereocenters. The molecule has 0 amide bonds. The van der Waals surface area contributed by atoms with Crippen LogP contribution in [0.4, 0.5) is 0 Å². The van der Waals surface area contributed by atoms with E-state index < -0.39 is 6.10 Å². The molecule has 0 aliphatic heterocycles. The van der Waals surface area contributed by atoms with E-state index in [4.69, 9.17) is 4.74 Å². The van der Waals surface area contributed by atoms with Crippen LogP contribution in [0.1, 0.15) is 44.3 Å². The molecule has 0 saturated carbocycles. The Kier molecular flexibility index (Phi) is 7.06. The van der Waals surface area contributed by atoms with E-state index >= 15 is 0 Å². The van der Waals surface area contributed by atoms with Crippen molar-refractivity contribution >= 4 is 15.9 Å². The van der Waals surface area contributed by atoms with Crippen LogP contribution in [0, 0.1) is 0 Å². The zero-order valence-corrected chi connectivity index (χ0v) is 12.4. The Morgan fingerprint density at radius 2 is 2.17 bits per heavy atom. The molecule has 0 aromatic heterocycles. The Hall–Kier alpha value is -0.800. The number of hydrogen-bond acceptors (Lipinski definition) is 2. The van der Waals surface area contributed by atoms with E-state index in [1.165, 1.54) is 0 Å². The van der Waals surface area contributed by atoms with E-state index in [-0.39, 0.29) is 0 Å². The lowest BCUT2D eigenvalue weighted by Crippen LogP contribution is -2.02. The second-order valence-corrected chi connectivity index (χ2v) is 5.26. The smallest absolute Gasteiger partial charge is 0.125 e. The number of aliphatic hydroxyl groups excluding tert-OH is 1. The molecular weight excluding hydrogens is 292 g/mol. The van der Waals surface area contributed by atoms with Gasteiger partial charge in [0.15, 0.2) is 0 Å². The van der Waals surface area contributed by atoms with Crippen LogP contribution in [0.5, 0.6) is 5.75 Å². The number of hydrogen-bond donors (Lipinski definition) is 1. The van der Waals surface area contributed by atoms with Crippen LogP contribution < -0.4 is 4.74 Å². The predicted octanol–water partition coefficient (Wildman–Crippen LogP) is 4.63.